The summed E-state index contributed by atoms with van der Waals surface area (Å²) in [5.41, 5.74) is 2.10. The normalized spacial score (nSPS) is 20.8. The maximum atomic E-state index is 6.10. The van der Waals surface area contributed by atoms with Crippen molar-refractivity contribution in [2.24, 2.45) is 0 Å². The molecule has 0 amide bonds. The average Bonchev–Trinajstić information content (AvgIpc) is 2.49. The zero-order valence-electron chi connectivity index (χ0n) is 11.4. The monoisotopic (exact) mass is 341 g/mol. The molecule has 110 valence electrons. The summed E-state index contributed by atoms with van der Waals surface area (Å²) in [7, 11) is 1.94. The molecule has 1 aliphatic heterocycles. The third-order valence-electron chi connectivity index (χ3n) is 3.73. The van der Waals surface area contributed by atoms with E-state index in [2.05, 4.69) is 5.32 Å². The van der Waals surface area contributed by atoms with Gasteiger partial charge in [0.25, 0.3) is 0 Å². The third kappa shape index (κ3) is 3.00. The molecule has 0 radical (unpaired) electrons. The van der Waals surface area contributed by atoms with E-state index in [4.69, 9.17) is 39.5 Å². The van der Waals surface area contributed by atoms with Crippen molar-refractivity contribution in [2.45, 2.75) is 18.6 Å². The third-order valence-corrected chi connectivity index (χ3v) is 4.70. The van der Waals surface area contributed by atoms with Gasteiger partial charge in [0.2, 0.25) is 0 Å². The molecule has 5 heteroatoms. The molecule has 2 aromatic carbocycles. The molecule has 2 atom stereocenters. The molecule has 0 spiro atoms. The average molecular weight is 343 g/mol. The van der Waals surface area contributed by atoms with Gasteiger partial charge in [-0.05, 0) is 42.9 Å². The van der Waals surface area contributed by atoms with Gasteiger partial charge in [-0.2, -0.15) is 0 Å². The highest BCUT2D eigenvalue weighted by Crippen LogP contribution is 2.42. The van der Waals surface area contributed by atoms with Crippen LogP contribution in [0.1, 0.15) is 29.7 Å². The molecule has 0 saturated carbocycles. The van der Waals surface area contributed by atoms with Gasteiger partial charge in [-0.15, -0.1) is 0 Å². The van der Waals surface area contributed by atoms with E-state index >= 15 is 0 Å². The number of hydrogen-bond donors (Lipinski definition) is 1. The van der Waals surface area contributed by atoms with Crippen molar-refractivity contribution in [3.63, 3.8) is 0 Å². The minimum Gasteiger partial charge on any atom is -0.485 e. The second-order valence-corrected chi connectivity index (χ2v) is 6.29. The number of nitrogens with one attached hydrogen (secondary N) is 1. The number of ether oxygens (including phenoxy) is 1. The highest BCUT2D eigenvalue weighted by molar-refractivity contribution is 6.42. The Morgan fingerprint density at radius 3 is 2.57 bits per heavy atom. The van der Waals surface area contributed by atoms with Crippen molar-refractivity contribution < 1.29 is 4.74 Å². The molecule has 0 bridgehead atoms. The van der Waals surface area contributed by atoms with E-state index in [1.54, 1.807) is 6.07 Å². The Hall–Kier alpha value is -0.930. The highest BCUT2D eigenvalue weighted by Gasteiger charge is 2.28. The van der Waals surface area contributed by atoms with E-state index in [0.29, 0.717) is 15.1 Å². The molecule has 0 aliphatic carbocycles. The Balaban J connectivity index is 1.96. The van der Waals surface area contributed by atoms with Gasteiger partial charge in [-0.25, -0.2) is 0 Å². The summed E-state index contributed by atoms with van der Waals surface area (Å²) in [5.74, 6) is 0.848. The quantitative estimate of drug-likeness (QED) is 0.785. The maximum Gasteiger partial charge on any atom is 0.126 e. The largest absolute Gasteiger partial charge is 0.485 e. The van der Waals surface area contributed by atoms with Crippen molar-refractivity contribution >= 4 is 34.8 Å². The van der Waals surface area contributed by atoms with Crippen LogP contribution in [0.5, 0.6) is 5.75 Å². The first-order valence-electron chi connectivity index (χ1n) is 6.67. The van der Waals surface area contributed by atoms with Crippen LogP contribution in [0.15, 0.2) is 36.4 Å². The van der Waals surface area contributed by atoms with Gasteiger partial charge >= 0.3 is 0 Å². The standard InChI is InChI=1S/C16H14Cl3NO/c1-20-14-8-16(9-2-4-12(18)13(19)6-9)21-15-5-3-10(17)7-11(14)15/h2-7,14,16,20H,8H2,1H3. The first-order chi connectivity index (χ1) is 10.1. The van der Waals surface area contributed by atoms with Crippen molar-refractivity contribution in [2.75, 3.05) is 7.05 Å². The Morgan fingerprint density at radius 1 is 1.05 bits per heavy atom. The summed E-state index contributed by atoms with van der Waals surface area (Å²) in [4.78, 5) is 0. The Labute approximate surface area is 139 Å². The molecule has 2 unspecified atom stereocenters. The topological polar surface area (TPSA) is 21.3 Å². The maximum absolute atomic E-state index is 6.10. The minimum absolute atomic E-state index is 0.0640. The lowest BCUT2D eigenvalue weighted by Gasteiger charge is -2.32. The molecule has 3 rings (SSSR count). The van der Waals surface area contributed by atoms with Gasteiger partial charge < -0.3 is 10.1 Å². The van der Waals surface area contributed by atoms with Crippen LogP contribution in [0.2, 0.25) is 15.1 Å². The fourth-order valence-corrected chi connectivity index (χ4v) is 3.12. The van der Waals surface area contributed by atoms with E-state index in [1.807, 2.05) is 37.4 Å². The SMILES string of the molecule is CNC1CC(c2ccc(Cl)c(Cl)c2)Oc2ccc(Cl)cc21. The van der Waals surface area contributed by atoms with Gasteiger partial charge in [0.15, 0.2) is 0 Å². The molecule has 21 heavy (non-hydrogen) atoms. The van der Waals surface area contributed by atoms with Gasteiger partial charge in [0.05, 0.1) is 10.0 Å². The van der Waals surface area contributed by atoms with Crippen molar-refractivity contribution in [1.82, 2.24) is 5.32 Å². The van der Waals surface area contributed by atoms with Crippen LogP contribution in [0, 0.1) is 0 Å². The molecule has 2 aromatic rings. The summed E-state index contributed by atoms with van der Waals surface area (Å²) in [5, 5.41) is 5.12. The molecule has 1 N–H and O–H groups in total. The number of benzene rings is 2. The van der Waals surface area contributed by atoms with Crippen LogP contribution in [0.3, 0.4) is 0 Å². The number of hydrogen-bond acceptors (Lipinski definition) is 2. The van der Waals surface area contributed by atoms with E-state index in [9.17, 15) is 0 Å². The first-order valence-corrected chi connectivity index (χ1v) is 7.80. The summed E-state index contributed by atoms with van der Waals surface area (Å²) < 4.78 is 6.10. The van der Waals surface area contributed by atoms with Gasteiger partial charge in [-0.3, -0.25) is 0 Å². The van der Waals surface area contributed by atoms with Crippen LogP contribution in [-0.4, -0.2) is 7.05 Å². The Bertz CT molecular complexity index is 675. The zero-order chi connectivity index (χ0) is 15.0. The van der Waals surface area contributed by atoms with Gasteiger partial charge in [0.1, 0.15) is 11.9 Å². The van der Waals surface area contributed by atoms with Crippen LogP contribution >= 0.6 is 34.8 Å². The van der Waals surface area contributed by atoms with Gasteiger partial charge in [-0.1, -0.05) is 40.9 Å². The van der Waals surface area contributed by atoms with Crippen LogP contribution in [0.4, 0.5) is 0 Å². The van der Waals surface area contributed by atoms with Crippen molar-refractivity contribution in [1.29, 1.82) is 0 Å². The first kappa shape index (κ1) is 15.0. The fourth-order valence-electron chi connectivity index (χ4n) is 2.63. The van der Waals surface area contributed by atoms with Crippen molar-refractivity contribution in [3.8, 4) is 5.75 Å². The smallest absolute Gasteiger partial charge is 0.126 e. The number of halogens is 3. The Kier molecular flexibility index (Phi) is 4.32. The molecule has 0 saturated heterocycles. The summed E-state index contributed by atoms with van der Waals surface area (Å²) in [6.45, 7) is 0. The summed E-state index contributed by atoms with van der Waals surface area (Å²) in [6, 6.07) is 11.5. The molecular weight excluding hydrogens is 329 g/mol. The molecule has 1 heterocycles. The van der Waals surface area contributed by atoms with E-state index in [0.717, 1.165) is 23.3 Å². The number of fused-ring (bicyclic) bond motifs is 1. The fraction of sp³-hybridized carbons (Fsp3) is 0.250. The predicted molar refractivity (Wildman–Crippen MR) is 87.7 cm³/mol. The molecular formula is C16H14Cl3NO. The lowest BCUT2D eigenvalue weighted by atomic mass is 9.93. The van der Waals surface area contributed by atoms with E-state index < -0.39 is 0 Å². The zero-order valence-corrected chi connectivity index (χ0v) is 13.6. The Morgan fingerprint density at radius 2 is 1.86 bits per heavy atom. The molecule has 2 nitrogen and oxygen atoms in total. The second-order valence-electron chi connectivity index (χ2n) is 5.04. The highest BCUT2D eigenvalue weighted by atomic mass is 35.5. The number of rotatable bonds is 2. The lowest BCUT2D eigenvalue weighted by Crippen LogP contribution is -2.26. The van der Waals surface area contributed by atoms with E-state index in [1.165, 1.54) is 0 Å². The van der Waals surface area contributed by atoms with Crippen LogP contribution < -0.4 is 10.1 Å². The molecule has 0 aromatic heterocycles. The van der Waals surface area contributed by atoms with Crippen LogP contribution in [0.25, 0.3) is 0 Å². The van der Waals surface area contributed by atoms with E-state index in [-0.39, 0.29) is 12.1 Å². The minimum atomic E-state index is -0.0640. The molecule has 1 aliphatic rings. The van der Waals surface area contributed by atoms with Gasteiger partial charge in [0, 0.05) is 23.0 Å². The van der Waals surface area contributed by atoms with Crippen LogP contribution in [-0.2, 0) is 0 Å². The lowest BCUT2D eigenvalue weighted by molar-refractivity contribution is 0.154. The molecule has 0 fully saturated rings. The summed E-state index contributed by atoms with van der Waals surface area (Å²) in [6.07, 6.45) is 0.743. The summed E-state index contributed by atoms with van der Waals surface area (Å²) >= 11 is 18.2. The van der Waals surface area contributed by atoms with Crippen molar-refractivity contribution in [3.05, 3.63) is 62.6 Å². The second kappa shape index (κ2) is 6.05. The predicted octanol–water partition coefficient (Wildman–Crippen LogP) is 5.43.